The maximum absolute atomic E-state index is 13.4. The van der Waals surface area contributed by atoms with Crippen molar-refractivity contribution in [2.24, 2.45) is 0 Å². The Balaban J connectivity index is 1.58. The van der Waals surface area contributed by atoms with Crippen molar-refractivity contribution in [2.45, 2.75) is 31.3 Å². The van der Waals surface area contributed by atoms with Crippen molar-refractivity contribution >= 4 is 17.5 Å². The van der Waals surface area contributed by atoms with Gasteiger partial charge in [0.1, 0.15) is 5.82 Å². The number of carbonyl (C=O) groups is 1. The van der Waals surface area contributed by atoms with E-state index in [9.17, 15) is 9.18 Å². The first-order valence-corrected chi connectivity index (χ1v) is 9.47. The molecule has 2 aliphatic heterocycles. The topological polar surface area (TPSA) is 23.6 Å². The number of hydrogen-bond donors (Lipinski definition) is 0. The zero-order chi connectivity index (χ0) is 18.3. The van der Waals surface area contributed by atoms with Gasteiger partial charge in [0, 0.05) is 30.7 Å². The van der Waals surface area contributed by atoms with Crippen molar-refractivity contribution in [1.29, 1.82) is 0 Å². The van der Waals surface area contributed by atoms with E-state index in [-0.39, 0.29) is 10.9 Å². The normalized spacial score (nSPS) is 23.1. The van der Waals surface area contributed by atoms with Crippen LogP contribution in [0.3, 0.4) is 0 Å². The molecule has 0 aliphatic carbocycles. The minimum Gasteiger partial charge on any atom is -0.337 e. The van der Waals surface area contributed by atoms with Crippen LogP contribution in [0.15, 0.2) is 42.5 Å². The number of fused-ring (bicyclic) bond motifs is 2. The van der Waals surface area contributed by atoms with E-state index >= 15 is 0 Å². The molecule has 1 amide bonds. The molecule has 0 aromatic heterocycles. The van der Waals surface area contributed by atoms with Crippen LogP contribution in [0.25, 0.3) is 11.1 Å². The van der Waals surface area contributed by atoms with E-state index in [2.05, 4.69) is 11.9 Å². The Labute approximate surface area is 158 Å². The number of likely N-dealkylation sites (tertiary alicyclic amines) is 1. The molecular weight excluding hydrogens is 351 g/mol. The van der Waals surface area contributed by atoms with Crippen LogP contribution in [-0.2, 0) is 0 Å². The van der Waals surface area contributed by atoms with Crippen molar-refractivity contribution in [3.05, 3.63) is 58.9 Å². The third-order valence-electron chi connectivity index (χ3n) is 5.80. The molecule has 2 heterocycles. The summed E-state index contributed by atoms with van der Waals surface area (Å²) in [5, 5.41) is 0.0887. The van der Waals surface area contributed by atoms with Gasteiger partial charge in [0.25, 0.3) is 5.91 Å². The smallest absolute Gasteiger partial charge is 0.253 e. The first-order chi connectivity index (χ1) is 12.5. The van der Waals surface area contributed by atoms with E-state index in [0.29, 0.717) is 17.6 Å². The lowest BCUT2D eigenvalue weighted by molar-refractivity contribution is 0.0740. The zero-order valence-corrected chi connectivity index (χ0v) is 15.5. The molecule has 2 fully saturated rings. The second-order valence-corrected chi connectivity index (χ2v) is 7.71. The molecule has 0 N–H and O–H groups in total. The molecule has 26 heavy (non-hydrogen) atoms. The predicted molar refractivity (Wildman–Crippen MR) is 102 cm³/mol. The standard InChI is InChI=1S/C21H22ClFN2O/c1-24-17-6-7-18(24)13-25(10-9-17)21(26)16-4-2-3-14(11-16)15-5-8-20(23)19(22)12-15/h2-5,8,11-12,17-18H,6-7,9-10,13H2,1H3. The molecule has 136 valence electrons. The van der Waals surface area contributed by atoms with Gasteiger partial charge in [-0.1, -0.05) is 29.8 Å². The van der Waals surface area contributed by atoms with E-state index in [1.54, 1.807) is 12.1 Å². The van der Waals surface area contributed by atoms with Gasteiger partial charge in [0.05, 0.1) is 5.02 Å². The van der Waals surface area contributed by atoms with Crippen LogP contribution in [-0.4, -0.2) is 47.9 Å². The van der Waals surface area contributed by atoms with Crippen LogP contribution in [0.1, 0.15) is 29.6 Å². The first kappa shape index (κ1) is 17.5. The fraction of sp³-hybridized carbons (Fsp3) is 0.381. The van der Waals surface area contributed by atoms with E-state index in [4.69, 9.17) is 11.6 Å². The Morgan fingerprint density at radius 1 is 1.08 bits per heavy atom. The van der Waals surface area contributed by atoms with E-state index in [1.165, 1.54) is 18.9 Å². The van der Waals surface area contributed by atoms with Gasteiger partial charge in [-0.15, -0.1) is 0 Å². The maximum Gasteiger partial charge on any atom is 0.253 e. The second-order valence-electron chi connectivity index (χ2n) is 7.30. The third kappa shape index (κ3) is 3.24. The highest BCUT2D eigenvalue weighted by molar-refractivity contribution is 6.31. The molecular formula is C21H22ClFN2O. The fourth-order valence-electron chi connectivity index (χ4n) is 4.18. The van der Waals surface area contributed by atoms with E-state index < -0.39 is 5.82 Å². The van der Waals surface area contributed by atoms with Crippen LogP contribution in [0, 0.1) is 5.82 Å². The highest BCUT2D eigenvalue weighted by atomic mass is 35.5. The average molecular weight is 373 g/mol. The molecule has 2 aromatic carbocycles. The summed E-state index contributed by atoms with van der Waals surface area (Å²) in [6, 6.07) is 13.2. The predicted octanol–water partition coefficient (Wildman–Crippen LogP) is 4.45. The van der Waals surface area contributed by atoms with Crippen molar-refractivity contribution in [3.8, 4) is 11.1 Å². The van der Waals surface area contributed by atoms with Crippen molar-refractivity contribution in [2.75, 3.05) is 20.1 Å². The second kappa shape index (κ2) is 7.01. The summed E-state index contributed by atoms with van der Waals surface area (Å²) in [6.45, 7) is 1.59. The van der Waals surface area contributed by atoms with E-state index in [0.717, 1.165) is 30.6 Å². The van der Waals surface area contributed by atoms with Gasteiger partial charge in [-0.25, -0.2) is 4.39 Å². The Hall–Kier alpha value is -1.91. The molecule has 2 unspecified atom stereocenters. The van der Waals surface area contributed by atoms with Crippen molar-refractivity contribution in [1.82, 2.24) is 9.80 Å². The van der Waals surface area contributed by atoms with Crippen LogP contribution in [0.2, 0.25) is 5.02 Å². The number of amides is 1. The largest absolute Gasteiger partial charge is 0.337 e. The number of benzene rings is 2. The summed E-state index contributed by atoms with van der Waals surface area (Å²) in [5.74, 6) is -0.368. The highest BCUT2D eigenvalue weighted by Gasteiger charge is 2.36. The number of halogens is 2. The number of likely N-dealkylation sites (N-methyl/N-ethyl adjacent to an activating group) is 1. The molecule has 0 radical (unpaired) electrons. The lowest BCUT2D eigenvalue weighted by atomic mass is 10.0. The minimum absolute atomic E-state index is 0.0704. The summed E-state index contributed by atoms with van der Waals surface area (Å²) >= 11 is 5.90. The highest BCUT2D eigenvalue weighted by Crippen LogP contribution is 2.30. The van der Waals surface area contributed by atoms with Gasteiger partial charge in [0.15, 0.2) is 0 Å². The molecule has 2 aromatic rings. The Bertz CT molecular complexity index is 841. The molecule has 2 aliphatic rings. The lowest BCUT2D eigenvalue weighted by Crippen LogP contribution is -2.39. The lowest BCUT2D eigenvalue weighted by Gasteiger charge is -2.26. The monoisotopic (exact) mass is 372 g/mol. The Kier molecular flexibility index (Phi) is 4.72. The number of carbonyl (C=O) groups excluding carboxylic acids is 1. The quantitative estimate of drug-likeness (QED) is 0.777. The maximum atomic E-state index is 13.4. The van der Waals surface area contributed by atoms with Gasteiger partial charge < -0.3 is 4.90 Å². The first-order valence-electron chi connectivity index (χ1n) is 9.09. The zero-order valence-electron chi connectivity index (χ0n) is 14.8. The number of rotatable bonds is 2. The summed E-state index contributed by atoms with van der Waals surface area (Å²) in [4.78, 5) is 17.5. The van der Waals surface area contributed by atoms with Gasteiger partial charge in [-0.3, -0.25) is 9.69 Å². The number of hydrogen-bond acceptors (Lipinski definition) is 2. The molecule has 2 bridgehead atoms. The van der Waals surface area contributed by atoms with Gasteiger partial charge in [-0.2, -0.15) is 0 Å². The van der Waals surface area contributed by atoms with Crippen molar-refractivity contribution < 1.29 is 9.18 Å². The van der Waals surface area contributed by atoms with Crippen molar-refractivity contribution in [3.63, 3.8) is 0 Å². The van der Waals surface area contributed by atoms with Crippen LogP contribution < -0.4 is 0 Å². The summed E-state index contributed by atoms with van der Waals surface area (Å²) in [6.07, 6.45) is 3.44. The molecule has 2 atom stereocenters. The van der Waals surface area contributed by atoms with Gasteiger partial charge in [-0.05, 0) is 61.7 Å². The van der Waals surface area contributed by atoms with Gasteiger partial charge >= 0.3 is 0 Å². The summed E-state index contributed by atoms with van der Waals surface area (Å²) in [5.41, 5.74) is 2.34. The molecule has 5 heteroatoms. The Morgan fingerprint density at radius 3 is 2.65 bits per heavy atom. The minimum atomic E-state index is -0.439. The number of nitrogens with zero attached hydrogens (tertiary/aromatic N) is 2. The Morgan fingerprint density at radius 2 is 1.85 bits per heavy atom. The van der Waals surface area contributed by atoms with Crippen LogP contribution in [0.4, 0.5) is 4.39 Å². The molecule has 3 nitrogen and oxygen atoms in total. The van der Waals surface area contributed by atoms with Crippen LogP contribution in [0.5, 0.6) is 0 Å². The molecule has 2 saturated heterocycles. The third-order valence-corrected chi connectivity index (χ3v) is 6.09. The van der Waals surface area contributed by atoms with E-state index in [1.807, 2.05) is 29.2 Å². The molecule has 4 rings (SSSR count). The van der Waals surface area contributed by atoms with Gasteiger partial charge in [0.2, 0.25) is 0 Å². The average Bonchev–Trinajstić information content (AvgIpc) is 2.89. The summed E-state index contributed by atoms with van der Waals surface area (Å²) in [7, 11) is 2.18. The summed E-state index contributed by atoms with van der Waals surface area (Å²) < 4.78 is 13.4. The molecule has 0 spiro atoms. The fourth-order valence-corrected chi connectivity index (χ4v) is 4.36. The molecule has 0 saturated carbocycles. The van der Waals surface area contributed by atoms with Crippen LogP contribution >= 0.6 is 11.6 Å². The SMILES string of the molecule is CN1C2CCC1CN(C(=O)c1cccc(-c3ccc(F)c(Cl)c3)c1)CC2.